The van der Waals surface area contributed by atoms with Crippen molar-refractivity contribution in [1.29, 1.82) is 0 Å². The van der Waals surface area contributed by atoms with Crippen LogP contribution in [0.1, 0.15) is 15.6 Å². The average molecular weight is 99.2 g/mol. The van der Waals surface area contributed by atoms with Crippen LogP contribution in [0.15, 0.2) is 12.3 Å². The molecule has 1 fully saturated rings. The molecule has 1 aliphatic rings. The zero-order valence-corrected chi connectivity index (χ0v) is 4.57. The largest absolute Gasteiger partial charge is 0.378 e. The van der Waals surface area contributed by atoms with Crippen molar-refractivity contribution in [2.24, 2.45) is 0 Å². The molecule has 1 rings (SSSR count). The summed E-state index contributed by atoms with van der Waals surface area (Å²) in [6, 6.07) is 0. The molecule has 0 aromatic heterocycles. The van der Waals surface area contributed by atoms with E-state index < -0.39 is 6.50 Å². The van der Waals surface area contributed by atoms with Gasteiger partial charge in [-0.05, 0) is 12.8 Å². The maximum Gasteiger partial charge on any atom is 0.0493 e. The van der Waals surface area contributed by atoms with Crippen molar-refractivity contribution < 1.29 is 2.74 Å². The van der Waals surface area contributed by atoms with Gasteiger partial charge in [-0.25, -0.2) is 0 Å². The van der Waals surface area contributed by atoms with E-state index in [1.165, 1.54) is 0 Å². The first-order chi connectivity index (χ1) is 4.04. The Balaban J connectivity index is 2.73. The van der Waals surface area contributed by atoms with Crippen LogP contribution in [0, 0.1) is 0 Å². The minimum absolute atomic E-state index is 0.586. The molecule has 0 aromatic carbocycles. The van der Waals surface area contributed by atoms with Crippen molar-refractivity contribution in [2.75, 3.05) is 13.5 Å². The minimum Gasteiger partial charge on any atom is -0.378 e. The Kier molecular flexibility index (Phi) is 0.616. The lowest BCUT2D eigenvalue weighted by Gasteiger charge is -2.08. The molecule has 0 unspecified atom stereocenters. The summed E-state index contributed by atoms with van der Waals surface area (Å²) in [5.41, 5.74) is 0.903. The third-order valence-electron chi connectivity index (χ3n) is 1.24. The highest BCUT2D eigenvalue weighted by molar-refractivity contribution is 4.97. The third kappa shape index (κ3) is 0.763. The predicted molar refractivity (Wildman–Crippen MR) is 31.0 cm³/mol. The molecule has 0 spiro atoms. The standard InChI is InChI=1S/C6H11N/c1-6-4-3-5-7(6)2/h1,3-5H2,2H3/i5D2. The number of rotatable bonds is 0. The van der Waals surface area contributed by atoms with Crippen LogP contribution in [-0.4, -0.2) is 18.4 Å². The van der Waals surface area contributed by atoms with Gasteiger partial charge in [-0.15, -0.1) is 0 Å². The van der Waals surface area contributed by atoms with E-state index in [0.717, 1.165) is 12.1 Å². The lowest BCUT2D eigenvalue weighted by Crippen LogP contribution is -2.08. The molecule has 1 aliphatic heterocycles. The zero-order valence-electron chi connectivity index (χ0n) is 6.57. The first kappa shape index (κ1) is 2.75. The lowest BCUT2D eigenvalue weighted by atomic mass is 10.3. The molecule has 7 heavy (non-hydrogen) atoms. The van der Waals surface area contributed by atoms with E-state index in [9.17, 15) is 0 Å². The van der Waals surface area contributed by atoms with Gasteiger partial charge in [-0.2, -0.15) is 0 Å². The fourth-order valence-electron chi connectivity index (χ4n) is 0.647. The maximum absolute atomic E-state index is 7.35. The summed E-state index contributed by atoms with van der Waals surface area (Å²) in [5, 5.41) is 0. The zero-order chi connectivity index (χ0) is 7.07. The molecule has 0 amide bonds. The first-order valence-corrected chi connectivity index (χ1v) is 2.46. The van der Waals surface area contributed by atoms with Crippen LogP contribution < -0.4 is 0 Å². The maximum atomic E-state index is 7.35. The smallest absolute Gasteiger partial charge is 0.0493 e. The van der Waals surface area contributed by atoms with Gasteiger partial charge in [0.25, 0.3) is 0 Å². The minimum atomic E-state index is -1.14. The van der Waals surface area contributed by atoms with E-state index in [1.807, 2.05) is 0 Å². The number of allylic oxidation sites excluding steroid dienone is 1. The van der Waals surface area contributed by atoms with Gasteiger partial charge in [-0.3, -0.25) is 0 Å². The SMILES string of the molecule is [2H]C1([2H])CCC(=C)N1C. The van der Waals surface area contributed by atoms with Crippen molar-refractivity contribution in [1.82, 2.24) is 4.90 Å². The second-order valence-corrected chi connectivity index (χ2v) is 1.78. The van der Waals surface area contributed by atoms with Crippen LogP contribution in [0.3, 0.4) is 0 Å². The van der Waals surface area contributed by atoms with Crippen LogP contribution in [-0.2, 0) is 0 Å². The number of nitrogens with zero attached hydrogens (tertiary/aromatic N) is 1. The Morgan fingerprint density at radius 2 is 2.71 bits per heavy atom. The van der Waals surface area contributed by atoms with Gasteiger partial charge in [0, 0.05) is 22.0 Å². The molecular weight excluding hydrogens is 86.1 g/mol. The highest BCUT2D eigenvalue weighted by atomic mass is 15.1. The van der Waals surface area contributed by atoms with Crippen molar-refractivity contribution in [3.05, 3.63) is 12.3 Å². The van der Waals surface area contributed by atoms with E-state index >= 15 is 0 Å². The van der Waals surface area contributed by atoms with Gasteiger partial charge in [0.1, 0.15) is 0 Å². The molecule has 1 heterocycles. The molecule has 1 nitrogen and oxygen atoms in total. The Morgan fingerprint density at radius 1 is 2.00 bits per heavy atom. The van der Waals surface area contributed by atoms with E-state index in [-0.39, 0.29) is 0 Å². The average Bonchev–Trinajstić information content (AvgIpc) is 1.97. The molecular formula is C6H11N. The molecule has 1 saturated heterocycles. The van der Waals surface area contributed by atoms with E-state index in [2.05, 4.69) is 6.58 Å². The fourth-order valence-corrected chi connectivity index (χ4v) is 0.647. The van der Waals surface area contributed by atoms with Crippen molar-refractivity contribution in [3.63, 3.8) is 0 Å². The van der Waals surface area contributed by atoms with Crippen LogP contribution in [0.2, 0.25) is 0 Å². The Morgan fingerprint density at radius 3 is 2.86 bits per heavy atom. The Hall–Kier alpha value is -0.460. The van der Waals surface area contributed by atoms with Crippen LogP contribution in [0.5, 0.6) is 0 Å². The highest BCUT2D eigenvalue weighted by Crippen LogP contribution is 2.14. The fraction of sp³-hybridized carbons (Fsp3) is 0.667. The highest BCUT2D eigenvalue weighted by Gasteiger charge is 2.07. The molecule has 0 N–H and O–H groups in total. The molecule has 1 heteroatoms. The van der Waals surface area contributed by atoms with Gasteiger partial charge < -0.3 is 4.90 Å². The second kappa shape index (κ2) is 1.57. The molecule has 0 saturated carbocycles. The third-order valence-corrected chi connectivity index (χ3v) is 1.24. The summed E-state index contributed by atoms with van der Waals surface area (Å²) in [5.74, 6) is 0. The van der Waals surface area contributed by atoms with E-state index in [0.29, 0.717) is 6.42 Å². The second-order valence-electron chi connectivity index (χ2n) is 1.78. The van der Waals surface area contributed by atoms with Crippen LogP contribution in [0.4, 0.5) is 0 Å². The summed E-state index contributed by atoms with van der Waals surface area (Å²) in [6.07, 6.45) is 1.38. The monoisotopic (exact) mass is 99.1 g/mol. The molecule has 0 aromatic rings. The normalized spacial score (nSPS) is 32.7. The van der Waals surface area contributed by atoms with Crippen molar-refractivity contribution in [3.8, 4) is 0 Å². The topological polar surface area (TPSA) is 3.24 Å². The molecule has 0 radical (unpaired) electrons. The van der Waals surface area contributed by atoms with Gasteiger partial charge in [0.05, 0.1) is 0 Å². The van der Waals surface area contributed by atoms with Gasteiger partial charge in [0.15, 0.2) is 0 Å². The molecule has 0 atom stereocenters. The van der Waals surface area contributed by atoms with Gasteiger partial charge in [-0.1, -0.05) is 6.58 Å². The van der Waals surface area contributed by atoms with Crippen molar-refractivity contribution in [2.45, 2.75) is 12.8 Å². The van der Waals surface area contributed by atoms with E-state index in [4.69, 9.17) is 2.74 Å². The summed E-state index contributed by atoms with van der Waals surface area (Å²) in [4.78, 5) is 1.60. The summed E-state index contributed by atoms with van der Waals surface area (Å²) < 4.78 is 14.7. The first-order valence-electron chi connectivity index (χ1n) is 3.46. The van der Waals surface area contributed by atoms with Crippen molar-refractivity contribution >= 4 is 0 Å². The van der Waals surface area contributed by atoms with Crippen LogP contribution >= 0.6 is 0 Å². The number of hydrogen-bond acceptors (Lipinski definition) is 1. The van der Waals surface area contributed by atoms with Gasteiger partial charge in [0.2, 0.25) is 0 Å². The number of likely N-dealkylation sites (tertiary alicyclic amines) is 1. The predicted octanol–water partition coefficient (Wildman–Crippen LogP) is 1.23. The summed E-state index contributed by atoms with van der Waals surface area (Å²) >= 11 is 0. The molecule has 40 valence electrons. The number of hydrogen-bond donors (Lipinski definition) is 0. The quantitative estimate of drug-likeness (QED) is 0.441. The van der Waals surface area contributed by atoms with Gasteiger partial charge >= 0.3 is 0 Å². The Bertz CT molecular complexity index is 142. The molecule has 0 bridgehead atoms. The molecule has 0 aliphatic carbocycles. The van der Waals surface area contributed by atoms with E-state index in [1.54, 1.807) is 11.9 Å². The van der Waals surface area contributed by atoms with Crippen LogP contribution in [0.25, 0.3) is 0 Å². The summed E-state index contributed by atoms with van der Waals surface area (Å²) in [6.45, 7) is 2.57. The lowest BCUT2D eigenvalue weighted by molar-refractivity contribution is 0.483. The summed E-state index contributed by atoms with van der Waals surface area (Å²) in [7, 11) is 1.75. The Labute approximate surface area is 47.4 Å².